The second-order valence-electron chi connectivity index (χ2n) is 4.83. The number of hydrogen-bond donors (Lipinski definition) is 1. The van der Waals surface area contributed by atoms with Crippen molar-refractivity contribution < 1.29 is 9.15 Å². The molecule has 0 aromatic carbocycles. The Morgan fingerprint density at radius 2 is 2.35 bits per heavy atom. The molecule has 1 saturated heterocycles. The third-order valence-electron chi connectivity index (χ3n) is 3.25. The number of hydrogen-bond acceptors (Lipinski definition) is 4. The van der Waals surface area contributed by atoms with Crippen molar-refractivity contribution in [2.75, 3.05) is 20.2 Å². The summed E-state index contributed by atoms with van der Waals surface area (Å²) in [4.78, 5) is 2.29. The largest absolute Gasteiger partial charge is 0.465 e. The lowest BCUT2D eigenvalue weighted by Gasteiger charge is -2.19. The van der Waals surface area contributed by atoms with Gasteiger partial charge in [-0.15, -0.1) is 0 Å². The normalized spacial score (nSPS) is 20.4. The maximum atomic E-state index is 5.63. The molecule has 1 aliphatic heterocycles. The predicted molar refractivity (Wildman–Crippen MR) is 66.6 cm³/mol. The van der Waals surface area contributed by atoms with Crippen LogP contribution in [0.4, 0.5) is 0 Å². The first kappa shape index (κ1) is 12.6. The van der Waals surface area contributed by atoms with Crippen molar-refractivity contribution in [2.24, 2.45) is 5.73 Å². The van der Waals surface area contributed by atoms with Gasteiger partial charge in [0.2, 0.25) is 0 Å². The van der Waals surface area contributed by atoms with E-state index < -0.39 is 0 Å². The van der Waals surface area contributed by atoms with Gasteiger partial charge in [0, 0.05) is 25.3 Å². The highest BCUT2D eigenvalue weighted by Gasteiger charge is 2.18. The van der Waals surface area contributed by atoms with Crippen molar-refractivity contribution in [3.63, 3.8) is 0 Å². The Labute approximate surface area is 103 Å². The molecule has 0 spiro atoms. The molecule has 1 aliphatic rings. The number of ether oxygens (including phenoxy) is 1. The Balaban J connectivity index is 1.87. The average molecular weight is 238 g/mol. The number of nitrogens with two attached hydrogens (primary N) is 1. The molecule has 17 heavy (non-hydrogen) atoms. The van der Waals surface area contributed by atoms with E-state index in [9.17, 15) is 0 Å². The molecule has 2 rings (SSSR count). The van der Waals surface area contributed by atoms with Gasteiger partial charge in [-0.3, -0.25) is 4.90 Å². The fourth-order valence-corrected chi connectivity index (χ4v) is 2.34. The van der Waals surface area contributed by atoms with E-state index in [0.717, 1.165) is 31.2 Å². The van der Waals surface area contributed by atoms with E-state index in [-0.39, 0.29) is 0 Å². The Morgan fingerprint density at radius 3 is 2.94 bits per heavy atom. The van der Waals surface area contributed by atoms with E-state index in [4.69, 9.17) is 14.9 Å². The van der Waals surface area contributed by atoms with E-state index in [2.05, 4.69) is 18.0 Å². The topological polar surface area (TPSA) is 51.6 Å². The van der Waals surface area contributed by atoms with Crippen LogP contribution in [0.25, 0.3) is 0 Å². The SMILES string of the molecule is Cc1oc(CN)cc1CN(C)CC1CCCO1. The zero-order chi connectivity index (χ0) is 12.3. The quantitative estimate of drug-likeness (QED) is 0.847. The van der Waals surface area contributed by atoms with Crippen LogP contribution in [-0.2, 0) is 17.8 Å². The van der Waals surface area contributed by atoms with Crippen LogP contribution in [-0.4, -0.2) is 31.2 Å². The Kier molecular flexibility index (Phi) is 4.20. The molecule has 0 amide bonds. The molecule has 4 nitrogen and oxygen atoms in total. The van der Waals surface area contributed by atoms with Crippen molar-refractivity contribution in [1.29, 1.82) is 0 Å². The molecule has 0 saturated carbocycles. The summed E-state index contributed by atoms with van der Waals surface area (Å²) >= 11 is 0. The van der Waals surface area contributed by atoms with Gasteiger partial charge in [0.15, 0.2) is 0 Å². The summed E-state index contributed by atoms with van der Waals surface area (Å²) in [5, 5.41) is 0. The third kappa shape index (κ3) is 3.31. The molecule has 0 radical (unpaired) electrons. The van der Waals surface area contributed by atoms with Crippen molar-refractivity contribution in [3.8, 4) is 0 Å². The molecule has 2 heterocycles. The van der Waals surface area contributed by atoms with Crippen LogP contribution in [0, 0.1) is 6.92 Å². The molecule has 1 aromatic heterocycles. The molecule has 96 valence electrons. The van der Waals surface area contributed by atoms with Crippen LogP contribution in [0.2, 0.25) is 0 Å². The summed E-state index contributed by atoms with van der Waals surface area (Å²) < 4.78 is 11.2. The van der Waals surface area contributed by atoms with Gasteiger partial charge in [0.25, 0.3) is 0 Å². The number of likely N-dealkylation sites (N-methyl/N-ethyl adjacent to an activating group) is 1. The second-order valence-corrected chi connectivity index (χ2v) is 4.83. The molecule has 2 N–H and O–H groups in total. The maximum absolute atomic E-state index is 5.63. The molecule has 1 aromatic rings. The molecule has 0 aliphatic carbocycles. The van der Waals surface area contributed by atoms with Gasteiger partial charge in [-0.2, -0.15) is 0 Å². The average Bonchev–Trinajstić information content (AvgIpc) is 2.89. The highest BCUT2D eigenvalue weighted by atomic mass is 16.5. The maximum Gasteiger partial charge on any atom is 0.118 e. The lowest BCUT2D eigenvalue weighted by Crippen LogP contribution is -2.28. The van der Waals surface area contributed by atoms with Crippen molar-refractivity contribution in [3.05, 3.63) is 23.2 Å². The minimum Gasteiger partial charge on any atom is -0.465 e. The summed E-state index contributed by atoms with van der Waals surface area (Å²) in [5.74, 6) is 1.84. The first-order valence-electron chi connectivity index (χ1n) is 6.27. The number of furan rings is 1. The highest BCUT2D eigenvalue weighted by molar-refractivity contribution is 5.20. The smallest absolute Gasteiger partial charge is 0.118 e. The minimum atomic E-state index is 0.404. The van der Waals surface area contributed by atoms with E-state index in [1.165, 1.54) is 18.4 Å². The first-order valence-corrected chi connectivity index (χ1v) is 6.27. The molecule has 0 bridgehead atoms. The fourth-order valence-electron chi connectivity index (χ4n) is 2.34. The lowest BCUT2D eigenvalue weighted by molar-refractivity contribution is 0.0792. The summed E-state index contributed by atoms with van der Waals surface area (Å²) in [6, 6.07) is 2.06. The van der Waals surface area contributed by atoms with Crippen molar-refractivity contribution >= 4 is 0 Å². The van der Waals surface area contributed by atoms with Gasteiger partial charge in [-0.25, -0.2) is 0 Å². The fraction of sp³-hybridized carbons (Fsp3) is 0.692. The van der Waals surface area contributed by atoms with Crippen LogP contribution >= 0.6 is 0 Å². The molecular formula is C13H22N2O2. The summed E-state index contributed by atoms with van der Waals surface area (Å²) in [6.07, 6.45) is 2.78. The summed E-state index contributed by atoms with van der Waals surface area (Å²) in [6.45, 7) is 5.27. The van der Waals surface area contributed by atoms with Crippen molar-refractivity contribution in [1.82, 2.24) is 4.90 Å². The van der Waals surface area contributed by atoms with Gasteiger partial charge in [0.1, 0.15) is 11.5 Å². The summed E-state index contributed by atoms with van der Waals surface area (Å²) in [7, 11) is 2.12. The third-order valence-corrected chi connectivity index (χ3v) is 3.25. The molecule has 1 fully saturated rings. The van der Waals surface area contributed by atoms with Crippen molar-refractivity contribution in [2.45, 2.75) is 39.0 Å². The summed E-state index contributed by atoms with van der Waals surface area (Å²) in [5.41, 5.74) is 6.80. The van der Waals surface area contributed by atoms with E-state index in [0.29, 0.717) is 12.6 Å². The van der Waals surface area contributed by atoms with Crippen LogP contribution in [0.15, 0.2) is 10.5 Å². The van der Waals surface area contributed by atoms with Crippen LogP contribution < -0.4 is 5.73 Å². The monoisotopic (exact) mass is 238 g/mol. The zero-order valence-corrected chi connectivity index (χ0v) is 10.7. The molecule has 4 heteroatoms. The van der Waals surface area contributed by atoms with E-state index in [1.807, 2.05) is 6.92 Å². The van der Waals surface area contributed by atoms with Gasteiger partial charge in [0.05, 0.1) is 12.6 Å². The molecule has 1 unspecified atom stereocenters. The van der Waals surface area contributed by atoms with Crippen LogP contribution in [0.1, 0.15) is 29.9 Å². The number of rotatable bonds is 5. The van der Waals surface area contributed by atoms with Crippen LogP contribution in [0.3, 0.4) is 0 Å². The molecular weight excluding hydrogens is 216 g/mol. The number of nitrogens with zero attached hydrogens (tertiary/aromatic N) is 1. The zero-order valence-electron chi connectivity index (χ0n) is 10.7. The van der Waals surface area contributed by atoms with Gasteiger partial charge < -0.3 is 14.9 Å². The van der Waals surface area contributed by atoms with Crippen LogP contribution in [0.5, 0.6) is 0 Å². The van der Waals surface area contributed by atoms with E-state index >= 15 is 0 Å². The lowest BCUT2D eigenvalue weighted by atomic mass is 10.2. The number of aryl methyl sites for hydroxylation is 1. The second kappa shape index (κ2) is 5.67. The Morgan fingerprint density at radius 1 is 1.53 bits per heavy atom. The van der Waals surface area contributed by atoms with E-state index in [1.54, 1.807) is 0 Å². The van der Waals surface area contributed by atoms with Gasteiger partial charge >= 0.3 is 0 Å². The first-order chi connectivity index (χ1) is 8.19. The highest BCUT2D eigenvalue weighted by Crippen LogP contribution is 2.18. The van der Waals surface area contributed by atoms with Gasteiger partial charge in [-0.1, -0.05) is 0 Å². The van der Waals surface area contributed by atoms with Gasteiger partial charge in [-0.05, 0) is 32.9 Å². The molecule has 1 atom stereocenters. The minimum absolute atomic E-state index is 0.404. The Bertz CT molecular complexity index is 356. The predicted octanol–water partition coefficient (Wildman–Crippen LogP) is 1.66. The standard InChI is InChI=1S/C13H22N2O2/c1-10-11(6-13(7-14)17-10)8-15(2)9-12-4-3-5-16-12/h6,12H,3-5,7-9,14H2,1-2H3. The Hall–Kier alpha value is -0.840.